The zero-order chi connectivity index (χ0) is 20.0. The maximum Gasteiger partial charge on any atom is 0.224 e. The van der Waals surface area contributed by atoms with Crippen LogP contribution in [-0.2, 0) is 6.42 Å². The molecule has 0 saturated heterocycles. The fraction of sp³-hybridized carbons (Fsp3) is 0.261. The van der Waals surface area contributed by atoms with Crippen molar-refractivity contribution in [2.75, 3.05) is 0 Å². The number of nitrogens with zero attached hydrogens (tertiary/aromatic N) is 4. The largest absolute Gasteiger partial charge is 0.422 e. The van der Waals surface area contributed by atoms with Crippen LogP contribution in [0.1, 0.15) is 48.7 Å². The van der Waals surface area contributed by atoms with Gasteiger partial charge < -0.3 is 10.5 Å². The second-order valence-electron chi connectivity index (χ2n) is 7.46. The standard InChI is InChI=1S/C23H21N5O/c1-2-18-21-20(19-11-8-15(13-26-19)14-6-4-3-5-7-14)17(12-24)22(25)29-23(21)28(27-18)16-9-10-16/h3-8,11,13,16,20H,2,9-10,25H2,1H3. The minimum atomic E-state index is -0.365. The van der Waals surface area contributed by atoms with Gasteiger partial charge in [-0.05, 0) is 30.9 Å². The number of ether oxygens (including phenoxy) is 1. The molecule has 6 nitrogen and oxygen atoms in total. The van der Waals surface area contributed by atoms with E-state index in [0.717, 1.165) is 47.3 Å². The van der Waals surface area contributed by atoms with Gasteiger partial charge in [-0.25, -0.2) is 4.68 Å². The first-order valence-corrected chi connectivity index (χ1v) is 9.91. The lowest BCUT2D eigenvalue weighted by Gasteiger charge is -2.24. The molecule has 2 N–H and O–H groups in total. The smallest absolute Gasteiger partial charge is 0.224 e. The molecule has 0 radical (unpaired) electrons. The quantitative estimate of drug-likeness (QED) is 0.734. The van der Waals surface area contributed by atoms with Gasteiger partial charge in [0.05, 0.1) is 28.9 Å². The first kappa shape index (κ1) is 17.5. The van der Waals surface area contributed by atoms with Crippen molar-refractivity contribution in [2.45, 2.75) is 38.1 Å². The van der Waals surface area contributed by atoms with E-state index in [9.17, 15) is 5.26 Å². The van der Waals surface area contributed by atoms with Crippen molar-refractivity contribution in [1.29, 1.82) is 5.26 Å². The molecule has 6 heteroatoms. The molecule has 1 fully saturated rings. The van der Waals surface area contributed by atoms with Crippen LogP contribution in [0.5, 0.6) is 5.88 Å². The van der Waals surface area contributed by atoms with E-state index >= 15 is 0 Å². The Morgan fingerprint density at radius 1 is 1.17 bits per heavy atom. The molecule has 3 aromatic rings. The maximum absolute atomic E-state index is 9.82. The predicted molar refractivity (Wildman–Crippen MR) is 109 cm³/mol. The number of fused-ring (bicyclic) bond motifs is 1. The molecule has 2 aromatic heterocycles. The normalized spacial score (nSPS) is 18.1. The molecular formula is C23H21N5O. The highest BCUT2D eigenvalue weighted by molar-refractivity contribution is 5.63. The molecule has 1 unspecified atom stereocenters. The number of rotatable bonds is 4. The zero-order valence-corrected chi connectivity index (χ0v) is 16.2. The second kappa shape index (κ2) is 6.78. The van der Waals surface area contributed by atoms with Crippen molar-refractivity contribution in [2.24, 2.45) is 5.73 Å². The highest BCUT2D eigenvalue weighted by atomic mass is 16.5. The number of hydrogen-bond donors (Lipinski definition) is 1. The van der Waals surface area contributed by atoms with Crippen LogP contribution in [0, 0.1) is 11.3 Å². The van der Waals surface area contributed by atoms with E-state index < -0.39 is 0 Å². The molecule has 144 valence electrons. The van der Waals surface area contributed by atoms with Gasteiger partial charge in [0.2, 0.25) is 11.8 Å². The molecule has 5 rings (SSSR count). The summed E-state index contributed by atoms with van der Waals surface area (Å²) in [4.78, 5) is 4.72. The third-order valence-corrected chi connectivity index (χ3v) is 5.56. The van der Waals surface area contributed by atoms with E-state index in [1.165, 1.54) is 0 Å². The van der Waals surface area contributed by atoms with E-state index in [-0.39, 0.29) is 11.8 Å². The van der Waals surface area contributed by atoms with Gasteiger partial charge in [-0.1, -0.05) is 43.3 Å². The van der Waals surface area contributed by atoms with E-state index in [4.69, 9.17) is 20.6 Å². The monoisotopic (exact) mass is 383 g/mol. The van der Waals surface area contributed by atoms with Gasteiger partial charge in [-0.2, -0.15) is 10.4 Å². The van der Waals surface area contributed by atoms with Crippen LogP contribution in [0.3, 0.4) is 0 Å². The van der Waals surface area contributed by atoms with Gasteiger partial charge >= 0.3 is 0 Å². The van der Waals surface area contributed by atoms with Crippen LogP contribution < -0.4 is 10.5 Å². The summed E-state index contributed by atoms with van der Waals surface area (Å²) < 4.78 is 7.85. The molecular weight excluding hydrogens is 362 g/mol. The highest BCUT2D eigenvalue weighted by Crippen LogP contribution is 2.47. The maximum atomic E-state index is 9.82. The Morgan fingerprint density at radius 3 is 2.59 bits per heavy atom. The van der Waals surface area contributed by atoms with Crippen molar-refractivity contribution in [1.82, 2.24) is 14.8 Å². The molecule has 0 bridgehead atoms. The Balaban J connectivity index is 1.63. The van der Waals surface area contributed by atoms with Gasteiger partial charge in [0.1, 0.15) is 11.6 Å². The molecule has 29 heavy (non-hydrogen) atoms. The third-order valence-electron chi connectivity index (χ3n) is 5.56. The molecule has 1 saturated carbocycles. The molecule has 0 amide bonds. The van der Waals surface area contributed by atoms with Crippen LogP contribution in [0.15, 0.2) is 60.1 Å². The van der Waals surface area contributed by atoms with E-state index in [0.29, 0.717) is 17.5 Å². The molecule has 2 aliphatic rings. The average Bonchev–Trinajstić information content (AvgIpc) is 3.55. The second-order valence-corrected chi connectivity index (χ2v) is 7.46. The zero-order valence-electron chi connectivity index (χ0n) is 16.2. The number of hydrogen-bond acceptors (Lipinski definition) is 5. The van der Waals surface area contributed by atoms with Crippen LogP contribution in [0.4, 0.5) is 0 Å². The number of nitrogens with two attached hydrogens (primary N) is 1. The summed E-state index contributed by atoms with van der Waals surface area (Å²) in [6.45, 7) is 2.07. The number of aryl methyl sites for hydroxylation is 1. The van der Waals surface area contributed by atoms with Crippen molar-refractivity contribution < 1.29 is 4.74 Å². The summed E-state index contributed by atoms with van der Waals surface area (Å²) in [5.74, 6) is 0.444. The Morgan fingerprint density at radius 2 is 1.97 bits per heavy atom. The fourth-order valence-electron chi connectivity index (χ4n) is 3.93. The molecule has 1 aliphatic carbocycles. The predicted octanol–water partition coefficient (Wildman–Crippen LogP) is 4.06. The Labute approximate surface area is 169 Å². The molecule has 0 spiro atoms. The van der Waals surface area contributed by atoms with Crippen molar-refractivity contribution in [3.63, 3.8) is 0 Å². The lowest BCUT2D eigenvalue weighted by atomic mass is 9.86. The SMILES string of the molecule is CCc1nn(C2CC2)c2c1C(c1ccc(-c3ccccc3)cn1)C(C#N)=C(N)O2. The van der Waals surface area contributed by atoms with Crippen LogP contribution in [-0.4, -0.2) is 14.8 Å². The number of allylic oxidation sites excluding steroid dienone is 1. The van der Waals surface area contributed by atoms with Gasteiger partial charge in [0.15, 0.2) is 0 Å². The van der Waals surface area contributed by atoms with E-state index in [1.54, 1.807) is 0 Å². The van der Waals surface area contributed by atoms with Gasteiger partial charge in [-0.3, -0.25) is 4.98 Å². The van der Waals surface area contributed by atoms with Crippen molar-refractivity contribution in [3.8, 4) is 23.1 Å². The molecule has 1 atom stereocenters. The first-order chi connectivity index (χ1) is 14.2. The average molecular weight is 383 g/mol. The minimum Gasteiger partial charge on any atom is -0.422 e. The number of pyridine rings is 1. The molecule has 1 aliphatic heterocycles. The summed E-state index contributed by atoms with van der Waals surface area (Å²) in [5.41, 5.74) is 11.3. The van der Waals surface area contributed by atoms with Gasteiger partial charge in [0, 0.05) is 11.8 Å². The molecule has 3 heterocycles. The number of nitriles is 1. The third kappa shape index (κ3) is 2.87. The topological polar surface area (TPSA) is 89.8 Å². The summed E-state index contributed by atoms with van der Waals surface area (Å²) in [7, 11) is 0. The summed E-state index contributed by atoms with van der Waals surface area (Å²) in [6.07, 6.45) is 4.78. The summed E-state index contributed by atoms with van der Waals surface area (Å²) in [5, 5.41) is 14.6. The number of benzene rings is 1. The van der Waals surface area contributed by atoms with Gasteiger partial charge in [0.25, 0.3) is 0 Å². The summed E-state index contributed by atoms with van der Waals surface area (Å²) in [6, 6.07) is 16.7. The van der Waals surface area contributed by atoms with Crippen molar-refractivity contribution in [3.05, 3.63) is 77.1 Å². The fourth-order valence-corrected chi connectivity index (χ4v) is 3.93. The first-order valence-electron chi connectivity index (χ1n) is 9.91. The van der Waals surface area contributed by atoms with Crippen LogP contribution in [0.2, 0.25) is 0 Å². The van der Waals surface area contributed by atoms with E-state index in [1.807, 2.05) is 41.2 Å². The van der Waals surface area contributed by atoms with Crippen molar-refractivity contribution >= 4 is 0 Å². The number of aromatic nitrogens is 3. The highest BCUT2D eigenvalue weighted by Gasteiger charge is 2.40. The Bertz CT molecular complexity index is 1130. The lowest BCUT2D eigenvalue weighted by Crippen LogP contribution is -2.22. The van der Waals surface area contributed by atoms with Crippen LogP contribution in [0.25, 0.3) is 11.1 Å². The minimum absolute atomic E-state index is 0.142. The van der Waals surface area contributed by atoms with E-state index in [2.05, 4.69) is 25.1 Å². The Kier molecular flexibility index (Phi) is 4.09. The lowest BCUT2D eigenvalue weighted by molar-refractivity contribution is 0.347. The van der Waals surface area contributed by atoms with Crippen LogP contribution >= 0.6 is 0 Å². The summed E-state index contributed by atoms with van der Waals surface area (Å²) >= 11 is 0. The molecule has 1 aromatic carbocycles. The Hall–Kier alpha value is -3.59. The van der Waals surface area contributed by atoms with Gasteiger partial charge in [-0.15, -0.1) is 0 Å².